The normalized spacial score (nSPS) is 11.9. The van der Waals surface area contributed by atoms with Crippen molar-refractivity contribution >= 4 is 5.84 Å². The molecule has 3 N–H and O–H groups in total. The van der Waals surface area contributed by atoms with Crippen molar-refractivity contribution in [3.8, 4) is 0 Å². The minimum absolute atomic E-state index is 0.146. The number of rotatable bonds is 2. The second-order valence-electron chi connectivity index (χ2n) is 2.31. The van der Waals surface area contributed by atoms with Gasteiger partial charge in [0.15, 0.2) is 5.84 Å². The number of hydrogen-bond donors (Lipinski definition) is 2. The molecule has 0 aliphatic heterocycles. The van der Waals surface area contributed by atoms with Gasteiger partial charge >= 0.3 is 0 Å². The summed E-state index contributed by atoms with van der Waals surface area (Å²) in [5, 5.41) is 15.0. The summed E-state index contributed by atoms with van der Waals surface area (Å²) in [6, 6.07) is 0. The number of amidine groups is 1. The van der Waals surface area contributed by atoms with E-state index in [1.54, 1.807) is 10.9 Å². The Morgan fingerprint density at radius 3 is 3.09 bits per heavy atom. The van der Waals surface area contributed by atoms with E-state index in [0.717, 1.165) is 5.56 Å². The van der Waals surface area contributed by atoms with Gasteiger partial charge in [-0.15, -0.1) is 0 Å². The first-order chi connectivity index (χ1) is 5.22. The average Bonchev–Trinajstić information content (AvgIpc) is 2.35. The van der Waals surface area contributed by atoms with Gasteiger partial charge in [0.25, 0.3) is 0 Å². The summed E-state index contributed by atoms with van der Waals surface area (Å²) in [5.41, 5.74) is 6.31. The van der Waals surface area contributed by atoms with Crippen LogP contribution in [0, 0.1) is 6.92 Å². The molecule has 1 aromatic rings. The van der Waals surface area contributed by atoms with Gasteiger partial charge in [0.05, 0.1) is 6.20 Å². The van der Waals surface area contributed by atoms with Crippen molar-refractivity contribution in [1.29, 1.82) is 0 Å². The molecule has 1 aromatic heterocycles. The standard InChI is InChI=1S/C6H10N4O/c1-5-2-8-10(3-5)4-6(7)9-11/h2-3,11H,4H2,1H3,(H2,7,9). The molecule has 0 amide bonds. The third-order valence-corrected chi connectivity index (χ3v) is 1.21. The number of aryl methyl sites for hydroxylation is 1. The molecule has 0 aliphatic rings. The highest BCUT2D eigenvalue weighted by Crippen LogP contribution is 1.92. The van der Waals surface area contributed by atoms with E-state index in [9.17, 15) is 0 Å². The Morgan fingerprint density at radius 2 is 2.64 bits per heavy atom. The Balaban J connectivity index is 2.65. The van der Waals surface area contributed by atoms with E-state index >= 15 is 0 Å². The predicted octanol–water partition coefficient (Wildman–Crippen LogP) is -0.0621. The van der Waals surface area contributed by atoms with E-state index in [1.807, 2.05) is 13.1 Å². The van der Waals surface area contributed by atoms with Gasteiger partial charge in [-0.05, 0) is 12.5 Å². The molecular weight excluding hydrogens is 144 g/mol. The van der Waals surface area contributed by atoms with E-state index in [1.165, 1.54) is 0 Å². The smallest absolute Gasteiger partial charge is 0.160 e. The zero-order valence-corrected chi connectivity index (χ0v) is 6.23. The highest BCUT2D eigenvalue weighted by atomic mass is 16.4. The van der Waals surface area contributed by atoms with Crippen molar-refractivity contribution in [2.75, 3.05) is 0 Å². The third kappa shape index (κ3) is 1.96. The lowest BCUT2D eigenvalue weighted by Gasteiger charge is -1.96. The van der Waals surface area contributed by atoms with Crippen LogP contribution in [0.2, 0.25) is 0 Å². The summed E-state index contributed by atoms with van der Waals surface area (Å²) in [7, 11) is 0. The van der Waals surface area contributed by atoms with E-state index in [4.69, 9.17) is 10.9 Å². The Morgan fingerprint density at radius 1 is 1.91 bits per heavy atom. The summed E-state index contributed by atoms with van der Waals surface area (Å²) in [6.07, 6.45) is 3.53. The van der Waals surface area contributed by atoms with Crippen molar-refractivity contribution in [3.05, 3.63) is 18.0 Å². The SMILES string of the molecule is Cc1cnn(C/C(N)=N/O)c1. The van der Waals surface area contributed by atoms with Crippen molar-refractivity contribution in [2.45, 2.75) is 13.5 Å². The van der Waals surface area contributed by atoms with Crippen LogP contribution in [0.15, 0.2) is 17.5 Å². The molecule has 1 heterocycles. The molecule has 5 heteroatoms. The van der Waals surface area contributed by atoms with Crippen LogP contribution in [0.4, 0.5) is 0 Å². The molecule has 0 radical (unpaired) electrons. The van der Waals surface area contributed by atoms with Crippen LogP contribution >= 0.6 is 0 Å². The molecule has 0 bridgehead atoms. The Hall–Kier alpha value is -1.52. The van der Waals surface area contributed by atoms with Crippen molar-refractivity contribution in [3.63, 3.8) is 0 Å². The molecule has 11 heavy (non-hydrogen) atoms. The van der Waals surface area contributed by atoms with Gasteiger partial charge in [-0.2, -0.15) is 5.10 Å². The van der Waals surface area contributed by atoms with E-state index in [-0.39, 0.29) is 5.84 Å². The summed E-state index contributed by atoms with van der Waals surface area (Å²) in [5.74, 6) is 0.146. The Bertz CT molecular complexity index is 265. The molecule has 0 unspecified atom stereocenters. The number of oxime groups is 1. The second-order valence-corrected chi connectivity index (χ2v) is 2.31. The summed E-state index contributed by atoms with van der Waals surface area (Å²) < 4.78 is 1.60. The molecule has 0 saturated heterocycles. The summed E-state index contributed by atoms with van der Waals surface area (Å²) >= 11 is 0. The number of nitrogens with two attached hydrogens (primary N) is 1. The number of hydrogen-bond acceptors (Lipinski definition) is 3. The van der Waals surface area contributed by atoms with Crippen LogP contribution in [0.1, 0.15) is 5.56 Å². The molecular formula is C6H10N4O. The summed E-state index contributed by atoms with van der Waals surface area (Å²) in [4.78, 5) is 0. The molecule has 0 atom stereocenters. The largest absolute Gasteiger partial charge is 0.409 e. The van der Waals surface area contributed by atoms with Crippen LogP contribution in [-0.4, -0.2) is 20.8 Å². The van der Waals surface area contributed by atoms with Gasteiger partial charge in [0.1, 0.15) is 6.54 Å². The molecule has 0 fully saturated rings. The maximum Gasteiger partial charge on any atom is 0.160 e. The van der Waals surface area contributed by atoms with Crippen LogP contribution in [0.3, 0.4) is 0 Å². The predicted molar refractivity (Wildman–Crippen MR) is 40.4 cm³/mol. The van der Waals surface area contributed by atoms with Gasteiger partial charge in [0.2, 0.25) is 0 Å². The van der Waals surface area contributed by atoms with Gasteiger partial charge in [-0.1, -0.05) is 5.16 Å². The fraction of sp³-hybridized carbons (Fsp3) is 0.333. The van der Waals surface area contributed by atoms with Crippen LogP contribution < -0.4 is 5.73 Å². The average molecular weight is 154 g/mol. The Kier molecular flexibility index (Phi) is 2.10. The van der Waals surface area contributed by atoms with E-state index < -0.39 is 0 Å². The maximum atomic E-state index is 8.22. The Labute approximate surface area is 64.1 Å². The fourth-order valence-electron chi connectivity index (χ4n) is 0.751. The zero-order valence-electron chi connectivity index (χ0n) is 6.23. The van der Waals surface area contributed by atoms with Gasteiger partial charge in [-0.3, -0.25) is 4.68 Å². The molecule has 1 rings (SSSR count). The molecule has 5 nitrogen and oxygen atoms in total. The topological polar surface area (TPSA) is 76.4 Å². The van der Waals surface area contributed by atoms with Crippen molar-refractivity contribution in [2.24, 2.45) is 10.9 Å². The minimum atomic E-state index is 0.146. The first-order valence-electron chi connectivity index (χ1n) is 3.18. The lowest BCUT2D eigenvalue weighted by molar-refractivity contribution is 0.316. The highest BCUT2D eigenvalue weighted by Gasteiger charge is 1.96. The van der Waals surface area contributed by atoms with Gasteiger partial charge in [0, 0.05) is 6.20 Å². The number of nitrogens with zero attached hydrogens (tertiary/aromatic N) is 3. The maximum absolute atomic E-state index is 8.22. The first kappa shape index (κ1) is 7.59. The van der Waals surface area contributed by atoms with Crippen molar-refractivity contribution in [1.82, 2.24) is 9.78 Å². The van der Waals surface area contributed by atoms with Gasteiger partial charge in [-0.25, -0.2) is 0 Å². The van der Waals surface area contributed by atoms with Crippen LogP contribution in [0.5, 0.6) is 0 Å². The van der Waals surface area contributed by atoms with Crippen molar-refractivity contribution < 1.29 is 5.21 Å². The minimum Gasteiger partial charge on any atom is -0.409 e. The molecule has 0 spiro atoms. The zero-order chi connectivity index (χ0) is 8.27. The van der Waals surface area contributed by atoms with E-state index in [2.05, 4.69) is 10.3 Å². The number of aromatic nitrogens is 2. The summed E-state index contributed by atoms with van der Waals surface area (Å²) in [6.45, 7) is 2.25. The second kappa shape index (κ2) is 3.05. The molecule has 0 aromatic carbocycles. The fourth-order valence-corrected chi connectivity index (χ4v) is 0.751. The van der Waals surface area contributed by atoms with Crippen LogP contribution in [0.25, 0.3) is 0 Å². The lowest BCUT2D eigenvalue weighted by Crippen LogP contribution is -2.19. The lowest BCUT2D eigenvalue weighted by atomic mass is 10.4. The van der Waals surface area contributed by atoms with Gasteiger partial charge < -0.3 is 10.9 Å². The molecule has 60 valence electrons. The first-order valence-corrected chi connectivity index (χ1v) is 3.18. The molecule has 0 saturated carbocycles. The highest BCUT2D eigenvalue weighted by molar-refractivity contribution is 5.79. The van der Waals surface area contributed by atoms with E-state index in [0.29, 0.717) is 6.54 Å². The monoisotopic (exact) mass is 154 g/mol. The third-order valence-electron chi connectivity index (χ3n) is 1.21. The molecule has 0 aliphatic carbocycles. The van der Waals surface area contributed by atoms with Crippen LogP contribution in [-0.2, 0) is 6.54 Å². The quantitative estimate of drug-likeness (QED) is 0.271.